The maximum Gasteiger partial charge on any atom is 0.340 e. The molecular formula is C18H30O3Si. The summed E-state index contributed by atoms with van der Waals surface area (Å²) in [5.74, 6) is -0.320. The summed E-state index contributed by atoms with van der Waals surface area (Å²) in [6.07, 6.45) is 0. The van der Waals surface area contributed by atoms with Crippen LogP contribution in [0.3, 0.4) is 0 Å². The zero-order valence-corrected chi connectivity index (χ0v) is 16.0. The Hall–Kier alpha value is -1.13. The molecule has 0 bridgehead atoms. The first-order chi connectivity index (χ1) is 10.2. The molecule has 0 saturated carbocycles. The maximum atomic E-state index is 12.1. The molecule has 0 atom stereocenters. The van der Waals surface area contributed by atoms with E-state index in [0.29, 0.717) is 22.2 Å². The van der Waals surface area contributed by atoms with Gasteiger partial charge in [0.1, 0.15) is 0 Å². The average Bonchev–Trinajstić information content (AvgIpc) is 2.42. The molecule has 0 N–H and O–H groups in total. The zero-order valence-electron chi connectivity index (χ0n) is 15.0. The molecular weight excluding hydrogens is 292 g/mol. The Morgan fingerprint density at radius 3 is 1.82 bits per heavy atom. The fraction of sp³-hybridized carbons (Fsp3) is 0.611. The van der Waals surface area contributed by atoms with Crippen molar-refractivity contribution < 1.29 is 14.0 Å². The van der Waals surface area contributed by atoms with Gasteiger partial charge in [0.25, 0.3) is 0 Å². The van der Waals surface area contributed by atoms with Crippen molar-refractivity contribution in [3.05, 3.63) is 35.4 Å². The van der Waals surface area contributed by atoms with Crippen LogP contribution in [0.2, 0.25) is 16.6 Å². The number of carbonyl (C=O) groups excluding carboxylic acids is 1. The molecule has 0 saturated heterocycles. The van der Waals surface area contributed by atoms with Gasteiger partial charge in [0, 0.05) is 0 Å². The Morgan fingerprint density at radius 1 is 0.955 bits per heavy atom. The van der Waals surface area contributed by atoms with Crippen LogP contribution in [0.1, 0.15) is 57.5 Å². The van der Waals surface area contributed by atoms with Crippen molar-refractivity contribution in [3.8, 4) is 0 Å². The highest BCUT2D eigenvalue weighted by atomic mass is 28.4. The van der Waals surface area contributed by atoms with Gasteiger partial charge >= 0.3 is 5.97 Å². The molecule has 4 heteroatoms. The molecule has 0 radical (unpaired) electrons. The molecule has 0 aliphatic rings. The number of rotatable bonds is 7. The number of hydrogen-bond acceptors (Lipinski definition) is 3. The minimum Gasteiger partial charge on any atom is -0.436 e. The second-order valence-electron chi connectivity index (χ2n) is 6.88. The minimum atomic E-state index is -1.98. The summed E-state index contributed by atoms with van der Waals surface area (Å²) in [5.41, 5.74) is 3.13. The number of carbonyl (C=O) groups is 1. The summed E-state index contributed by atoms with van der Waals surface area (Å²) in [5, 5.41) is 0. The molecule has 3 nitrogen and oxygen atoms in total. The Kier molecular flexibility index (Phi) is 6.82. The van der Waals surface area contributed by atoms with E-state index in [2.05, 4.69) is 41.5 Å². The lowest BCUT2D eigenvalue weighted by Crippen LogP contribution is -2.48. The summed E-state index contributed by atoms with van der Waals surface area (Å²) in [7, 11) is -1.98. The first-order valence-electron chi connectivity index (χ1n) is 8.09. The van der Waals surface area contributed by atoms with Crippen LogP contribution in [-0.4, -0.2) is 21.1 Å². The van der Waals surface area contributed by atoms with Crippen molar-refractivity contribution in [3.63, 3.8) is 0 Å². The molecule has 124 valence electrons. The molecule has 1 aromatic rings. The molecule has 0 spiro atoms. The Balaban J connectivity index is 2.70. The van der Waals surface area contributed by atoms with Crippen molar-refractivity contribution in [1.29, 1.82) is 0 Å². The van der Waals surface area contributed by atoms with Gasteiger partial charge in [-0.05, 0) is 35.7 Å². The number of esters is 1. The Bertz CT molecular complexity index is 456. The van der Waals surface area contributed by atoms with E-state index >= 15 is 0 Å². The molecule has 0 heterocycles. The van der Waals surface area contributed by atoms with Crippen LogP contribution in [-0.2, 0) is 9.16 Å². The van der Waals surface area contributed by atoms with Gasteiger partial charge in [0.2, 0.25) is 8.32 Å². The van der Waals surface area contributed by atoms with E-state index in [0.717, 1.165) is 5.56 Å². The highest BCUT2D eigenvalue weighted by molar-refractivity contribution is 6.77. The average molecular weight is 323 g/mol. The quantitative estimate of drug-likeness (QED) is 0.388. The lowest BCUT2D eigenvalue weighted by atomic mass is 10.2. The number of hydrogen-bond donors (Lipinski definition) is 0. The summed E-state index contributed by atoms with van der Waals surface area (Å²) in [6, 6.07) is 7.39. The molecule has 0 aromatic heterocycles. The normalized spacial score (nSPS) is 12.3. The van der Waals surface area contributed by atoms with Crippen molar-refractivity contribution in [2.45, 2.75) is 65.1 Å². The number of benzene rings is 1. The van der Waals surface area contributed by atoms with Gasteiger partial charge in [-0.15, -0.1) is 0 Å². The van der Waals surface area contributed by atoms with Crippen LogP contribution in [0.25, 0.3) is 0 Å². The van der Waals surface area contributed by atoms with E-state index in [1.54, 1.807) is 12.1 Å². The Labute approximate surface area is 136 Å². The van der Waals surface area contributed by atoms with E-state index in [9.17, 15) is 4.79 Å². The lowest BCUT2D eigenvalue weighted by Gasteiger charge is -2.41. The summed E-state index contributed by atoms with van der Waals surface area (Å²) in [6.45, 7) is 15.3. The standard InChI is InChI=1S/C18H30O3Si/c1-13(2)22(14(3)4,15(5)6)21-12-20-18(19)17-10-8-16(7)9-11-17/h8-11,13-15H,12H2,1-7H3. The molecule has 0 aliphatic heterocycles. The summed E-state index contributed by atoms with van der Waals surface area (Å²) in [4.78, 5) is 12.1. The van der Waals surface area contributed by atoms with Gasteiger partial charge < -0.3 is 9.16 Å². The van der Waals surface area contributed by atoms with Crippen LogP contribution in [0, 0.1) is 6.92 Å². The van der Waals surface area contributed by atoms with Gasteiger partial charge in [0.15, 0.2) is 6.79 Å². The third-order valence-electron chi connectivity index (χ3n) is 4.49. The molecule has 1 aromatic carbocycles. The smallest absolute Gasteiger partial charge is 0.340 e. The zero-order chi connectivity index (χ0) is 16.9. The molecule has 0 fully saturated rings. The van der Waals surface area contributed by atoms with Crippen molar-refractivity contribution in [2.75, 3.05) is 6.79 Å². The fourth-order valence-electron chi connectivity index (χ4n) is 3.46. The van der Waals surface area contributed by atoms with Crippen LogP contribution in [0.5, 0.6) is 0 Å². The SMILES string of the molecule is Cc1ccc(C(=O)OCO[Si](C(C)C)(C(C)C)C(C)C)cc1. The lowest BCUT2D eigenvalue weighted by molar-refractivity contribution is 0.00974. The largest absolute Gasteiger partial charge is 0.436 e. The topological polar surface area (TPSA) is 35.5 Å². The molecule has 1 rings (SSSR count). The first kappa shape index (κ1) is 18.9. The molecule has 0 unspecified atom stereocenters. The molecule has 0 aliphatic carbocycles. The van der Waals surface area contributed by atoms with Gasteiger partial charge in [-0.1, -0.05) is 59.2 Å². The highest BCUT2D eigenvalue weighted by Gasteiger charge is 2.45. The maximum absolute atomic E-state index is 12.1. The van der Waals surface area contributed by atoms with E-state index in [1.807, 2.05) is 19.1 Å². The van der Waals surface area contributed by atoms with Crippen molar-refractivity contribution in [1.82, 2.24) is 0 Å². The van der Waals surface area contributed by atoms with Gasteiger partial charge in [-0.25, -0.2) is 4.79 Å². The van der Waals surface area contributed by atoms with Crippen LogP contribution in [0.4, 0.5) is 0 Å². The highest BCUT2D eigenvalue weighted by Crippen LogP contribution is 2.42. The Morgan fingerprint density at radius 2 is 1.41 bits per heavy atom. The monoisotopic (exact) mass is 322 g/mol. The van der Waals surface area contributed by atoms with Crippen LogP contribution in [0.15, 0.2) is 24.3 Å². The first-order valence-corrected chi connectivity index (χ1v) is 10.2. The van der Waals surface area contributed by atoms with E-state index < -0.39 is 8.32 Å². The van der Waals surface area contributed by atoms with E-state index in [-0.39, 0.29) is 12.8 Å². The van der Waals surface area contributed by atoms with Gasteiger partial charge in [-0.2, -0.15) is 0 Å². The van der Waals surface area contributed by atoms with Gasteiger partial charge in [-0.3, -0.25) is 0 Å². The van der Waals surface area contributed by atoms with Crippen molar-refractivity contribution >= 4 is 14.3 Å². The summed E-state index contributed by atoms with van der Waals surface area (Å²) >= 11 is 0. The molecule has 22 heavy (non-hydrogen) atoms. The second kappa shape index (κ2) is 7.93. The van der Waals surface area contributed by atoms with Crippen LogP contribution < -0.4 is 0 Å². The van der Waals surface area contributed by atoms with Gasteiger partial charge in [0.05, 0.1) is 5.56 Å². The summed E-state index contributed by atoms with van der Waals surface area (Å²) < 4.78 is 11.6. The van der Waals surface area contributed by atoms with Crippen LogP contribution >= 0.6 is 0 Å². The predicted molar refractivity (Wildman–Crippen MR) is 93.6 cm³/mol. The predicted octanol–water partition coefficient (Wildman–Crippen LogP) is 5.30. The third kappa shape index (κ3) is 4.20. The second-order valence-corrected chi connectivity index (χ2v) is 12.3. The minimum absolute atomic E-state index is 0.0491. The third-order valence-corrected chi connectivity index (χ3v) is 10.5. The van der Waals surface area contributed by atoms with E-state index in [1.165, 1.54) is 0 Å². The fourth-order valence-corrected chi connectivity index (χ4v) is 8.72. The number of ether oxygens (including phenoxy) is 1. The van der Waals surface area contributed by atoms with Crippen molar-refractivity contribution in [2.24, 2.45) is 0 Å². The van der Waals surface area contributed by atoms with E-state index in [4.69, 9.17) is 9.16 Å². The number of aryl methyl sites for hydroxylation is 1. The molecule has 0 amide bonds.